The van der Waals surface area contributed by atoms with Gasteiger partial charge in [0.15, 0.2) is 0 Å². The van der Waals surface area contributed by atoms with E-state index in [2.05, 4.69) is 18.3 Å². The highest BCUT2D eigenvalue weighted by atomic mass is 16.2. The zero-order valence-electron chi connectivity index (χ0n) is 13.5. The summed E-state index contributed by atoms with van der Waals surface area (Å²) in [6, 6.07) is 8.89. The van der Waals surface area contributed by atoms with Crippen molar-refractivity contribution in [2.24, 2.45) is 5.92 Å². The smallest absolute Gasteiger partial charge is 0.227 e. The Kier molecular flexibility index (Phi) is 6.16. The van der Waals surface area contributed by atoms with Crippen molar-refractivity contribution in [3.8, 4) is 6.07 Å². The predicted octanol–water partition coefficient (Wildman–Crippen LogP) is 2.93. The van der Waals surface area contributed by atoms with Crippen molar-refractivity contribution < 1.29 is 9.59 Å². The summed E-state index contributed by atoms with van der Waals surface area (Å²) in [5.74, 6) is 0.147. The van der Waals surface area contributed by atoms with E-state index in [1.807, 2.05) is 4.90 Å². The molecule has 0 spiro atoms. The van der Waals surface area contributed by atoms with Gasteiger partial charge in [-0.2, -0.15) is 5.26 Å². The number of piperidine rings is 1. The summed E-state index contributed by atoms with van der Waals surface area (Å²) in [6.07, 6.45) is 3.98. The van der Waals surface area contributed by atoms with Gasteiger partial charge in [0, 0.05) is 31.1 Å². The lowest BCUT2D eigenvalue weighted by Gasteiger charge is -2.31. The molecule has 122 valence electrons. The number of unbranched alkanes of at least 4 members (excludes halogenated alkanes) is 1. The molecule has 1 aromatic carbocycles. The summed E-state index contributed by atoms with van der Waals surface area (Å²) >= 11 is 0. The number of likely N-dealkylation sites (tertiary alicyclic amines) is 1. The van der Waals surface area contributed by atoms with Crippen molar-refractivity contribution >= 4 is 17.5 Å². The molecule has 0 aliphatic carbocycles. The van der Waals surface area contributed by atoms with Crippen LogP contribution in [0, 0.1) is 17.2 Å². The monoisotopic (exact) mass is 313 g/mol. The summed E-state index contributed by atoms with van der Waals surface area (Å²) in [4.78, 5) is 26.2. The van der Waals surface area contributed by atoms with Gasteiger partial charge in [-0.1, -0.05) is 13.3 Å². The first kappa shape index (κ1) is 17.0. The molecule has 1 fully saturated rings. The van der Waals surface area contributed by atoms with Crippen molar-refractivity contribution in [3.63, 3.8) is 0 Å². The molecular weight excluding hydrogens is 290 g/mol. The van der Waals surface area contributed by atoms with Gasteiger partial charge in [0.1, 0.15) is 0 Å². The fourth-order valence-corrected chi connectivity index (χ4v) is 2.75. The van der Waals surface area contributed by atoms with Crippen LogP contribution in [-0.2, 0) is 9.59 Å². The molecule has 5 heteroatoms. The molecule has 2 amide bonds. The molecule has 1 N–H and O–H groups in total. The van der Waals surface area contributed by atoms with E-state index in [1.54, 1.807) is 24.3 Å². The van der Waals surface area contributed by atoms with Crippen LogP contribution < -0.4 is 5.32 Å². The fraction of sp³-hybridized carbons (Fsp3) is 0.500. The Morgan fingerprint density at radius 3 is 2.48 bits per heavy atom. The SMILES string of the molecule is CCCCC(=O)N1CCC(C(=O)Nc2ccc(C#N)cc2)CC1. The largest absolute Gasteiger partial charge is 0.343 e. The van der Waals surface area contributed by atoms with Crippen LogP contribution in [-0.4, -0.2) is 29.8 Å². The van der Waals surface area contributed by atoms with Crippen LogP contribution in [0.2, 0.25) is 0 Å². The molecule has 1 aromatic rings. The Morgan fingerprint density at radius 2 is 1.91 bits per heavy atom. The van der Waals surface area contributed by atoms with Crippen molar-refractivity contribution in [2.75, 3.05) is 18.4 Å². The van der Waals surface area contributed by atoms with Crippen LogP contribution in [0.1, 0.15) is 44.6 Å². The third-order valence-corrected chi connectivity index (χ3v) is 4.24. The molecule has 2 rings (SSSR count). The van der Waals surface area contributed by atoms with Gasteiger partial charge in [0.25, 0.3) is 0 Å². The Hall–Kier alpha value is -2.35. The third kappa shape index (κ3) is 4.82. The molecule has 1 aliphatic heterocycles. The number of nitrogens with one attached hydrogen (secondary N) is 1. The van der Waals surface area contributed by atoms with Gasteiger partial charge in [0.05, 0.1) is 11.6 Å². The van der Waals surface area contributed by atoms with Crippen molar-refractivity contribution in [2.45, 2.75) is 39.0 Å². The number of carbonyl (C=O) groups is 2. The molecule has 0 bridgehead atoms. The molecule has 0 atom stereocenters. The Balaban J connectivity index is 1.81. The Morgan fingerprint density at radius 1 is 1.26 bits per heavy atom. The lowest BCUT2D eigenvalue weighted by molar-refractivity contribution is -0.134. The molecule has 5 nitrogen and oxygen atoms in total. The van der Waals surface area contributed by atoms with Gasteiger partial charge in [0.2, 0.25) is 11.8 Å². The minimum atomic E-state index is -0.0548. The van der Waals surface area contributed by atoms with E-state index < -0.39 is 0 Å². The minimum Gasteiger partial charge on any atom is -0.343 e. The molecule has 0 saturated carbocycles. The lowest BCUT2D eigenvalue weighted by atomic mass is 9.95. The van der Waals surface area contributed by atoms with Gasteiger partial charge in [-0.05, 0) is 43.5 Å². The first-order valence-corrected chi connectivity index (χ1v) is 8.23. The average molecular weight is 313 g/mol. The first-order chi connectivity index (χ1) is 11.1. The normalized spacial score (nSPS) is 15.0. The first-order valence-electron chi connectivity index (χ1n) is 8.23. The van der Waals surface area contributed by atoms with Crippen molar-refractivity contribution in [1.82, 2.24) is 4.90 Å². The summed E-state index contributed by atoms with van der Waals surface area (Å²) in [5, 5.41) is 11.7. The number of rotatable bonds is 5. The number of carbonyl (C=O) groups excluding carboxylic acids is 2. The number of hydrogen-bond donors (Lipinski definition) is 1. The van der Waals surface area contributed by atoms with Gasteiger partial charge in [-0.3, -0.25) is 9.59 Å². The van der Waals surface area contributed by atoms with E-state index in [0.29, 0.717) is 43.6 Å². The van der Waals surface area contributed by atoms with Gasteiger partial charge >= 0.3 is 0 Å². The van der Waals surface area contributed by atoms with Crippen LogP contribution >= 0.6 is 0 Å². The quantitative estimate of drug-likeness (QED) is 0.908. The van der Waals surface area contributed by atoms with Crippen LogP contribution in [0.3, 0.4) is 0 Å². The average Bonchev–Trinajstić information content (AvgIpc) is 2.60. The second-order valence-electron chi connectivity index (χ2n) is 5.94. The van der Waals surface area contributed by atoms with Crippen LogP contribution in [0.25, 0.3) is 0 Å². The van der Waals surface area contributed by atoms with E-state index in [1.165, 1.54) is 0 Å². The molecule has 23 heavy (non-hydrogen) atoms. The maximum absolute atomic E-state index is 12.3. The maximum atomic E-state index is 12.3. The van der Waals surface area contributed by atoms with E-state index in [4.69, 9.17) is 5.26 Å². The molecule has 0 radical (unpaired) electrons. The van der Waals surface area contributed by atoms with E-state index in [0.717, 1.165) is 12.8 Å². The van der Waals surface area contributed by atoms with E-state index in [-0.39, 0.29) is 17.7 Å². The standard InChI is InChI=1S/C18H23N3O2/c1-2-3-4-17(22)21-11-9-15(10-12-21)18(23)20-16-7-5-14(13-19)6-8-16/h5-8,15H,2-4,9-12H2,1H3,(H,20,23). The highest BCUT2D eigenvalue weighted by Crippen LogP contribution is 2.20. The molecular formula is C18H23N3O2. The van der Waals surface area contributed by atoms with Crippen molar-refractivity contribution in [3.05, 3.63) is 29.8 Å². The zero-order chi connectivity index (χ0) is 16.7. The summed E-state index contributed by atoms with van der Waals surface area (Å²) in [5.41, 5.74) is 1.28. The topological polar surface area (TPSA) is 73.2 Å². The van der Waals surface area contributed by atoms with E-state index >= 15 is 0 Å². The maximum Gasteiger partial charge on any atom is 0.227 e. The summed E-state index contributed by atoms with van der Waals surface area (Å²) in [7, 11) is 0. The fourth-order valence-electron chi connectivity index (χ4n) is 2.75. The second kappa shape index (κ2) is 8.33. The number of anilines is 1. The predicted molar refractivity (Wildman–Crippen MR) is 88.6 cm³/mol. The number of hydrogen-bond acceptors (Lipinski definition) is 3. The van der Waals surface area contributed by atoms with Gasteiger partial charge in [-0.15, -0.1) is 0 Å². The van der Waals surface area contributed by atoms with Crippen LogP contribution in [0.5, 0.6) is 0 Å². The zero-order valence-corrected chi connectivity index (χ0v) is 13.5. The molecule has 0 unspecified atom stereocenters. The molecule has 1 aliphatic rings. The molecule has 1 heterocycles. The highest BCUT2D eigenvalue weighted by Gasteiger charge is 2.27. The number of benzene rings is 1. The Labute approximate surface area is 137 Å². The summed E-state index contributed by atoms with van der Waals surface area (Å²) < 4.78 is 0. The van der Waals surface area contributed by atoms with Crippen LogP contribution in [0.15, 0.2) is 24.3 Å². The van der Waals surface area contributed by atoms with Gasteiger partial charge in [-0.25, -0.2) is 0 Å². The van der Waals surface area contributed by atoms with Crippen molar-refractivity contribution in [1.29, 1.82) is 5.26 Å². The van der Waals surface area contributed by atoms with E-state index in [9.17, 15) is 9.59 Å². The molecule has 1 saturated heterocycles. The van der Waals surface area contributed by atoms with Crippen LogP contribution in [0.4, 0.5) is 5.69 Å². The summed E-state index contributed by atoms with van der Waals surface area (Å²) in [6.45, 7) is 3.40. The highest BCUT2D eigenvalue weighted by molar-refractivity contribution is 5.92. The lowest BCUT2D eigenvalue weighted by Crippen LogP contribution is -2.41. The Bertz CT molecular complexity index is 581. The number of nitrogens with zero attached hydrogens (tertiary/aromatic N) is 2. The number of nitriles is 1. The number of amides is 2. The third-order valence-electron chi connectivity index (χ3n) is 4.24. The minimum absolute atomic E-state index is 0.00429. The second-order valence-corrected chi connectivity index (χ2v) is 5.94. The van der Waals surface area contributed by atoms with Gasteiger partial charge < -0.3 is 10.2 Å². The molecule has 0 aromatic heterocycles.